The lowest BCUT2D eigenvalue weighted by Gasteiger charge is -2.21. The van der Waals surface area contributed by atoms with Crippen molar-refractivity contribution in [2.45, 2.75) is 32.7 Å². The Morgan fingerprint density at radius 1 is 0.473 bits per heavy atom. The van der Waals surface area contributed by atoms with E-state index in [1.165, 1.54) is 30.0 Å². The number of anilines is 4. The molecule has 0 unspecified atom stereocenters. The molecule has 0 radical (unpaired) electrons. The summed E-state index contributed by atoms with van der Waals surface area (Å²) in [7, 11) is 5.07. The average Bonchev–Trinajstić information content (AvgIpc) is 3.96. The number of para-hydroxylation sites is 2. The van der Waals surface area contributed by atoms with Gasteiger partial charge in [-0.25, -0.2) is 0 Å². The molecule has 55 heavy (non-hydrogen) atoms. The summed E-state index contributed by atoms with van der Waals surface area (Å²) in [5, 5.41) is 33.2. The first-order chi connectivity index (χ1) is 26.9. The molecular formula is C46H44N4O5+2. The first-order valence-corrected chi connectivity index (χ1v) is 18.5. The SMILES string of the molecule is C1CC1.CN(c1ccc2cccc(O)c2c1)c1ccc2cccc(O)c2c1.CN(c1ccc2cccc3c2[n+]1CO3)c1ccc2cccc3c2[n+]1CO3.CO. The fourth-order valence-corrected chi connectivity index (χ4v) is 7.18. The minimum Gasteiger partial charge on any atom is -0.507 e. The molecule has 0 spiro atoms. The Bertz CT molecular complexity index is 2510. The number of fused-ring (bicyclic) bond motifs is 2. The van der Waals surface area contributed by atoms with Crippen LogP contribution in [0.25, 0.3) is 43.4 Å². The van der Waals surface area contributed by atoms with E-state index < -0.39 is 0 Å². The lowest BCUT2D eigenvalue weighted by Crippen LogP contribution is -2.44. The van der Waals surface area contributed by atoms with E-state index in [9.17, 15) is 10.2 Å². The molecule has 0 bridgehead atoms. The van der Waals surface area contributed by atoms with Crippen LogP contribution in [0.4, 0.5) is 23.0 Å². The molecule has 2 aliphatic heterocycles. The molecule has 1 saturated carbocycles. The van der Waals surface area contributed by atoms with Crippen LogP contribution in [-0.4, -0.2) is 36.5 Å². The largest absolute Gasteiger partial charge is 0.507 e. The topological polar surface area (TPSA) is 93.4 Å². The summed E-state index contributed by atoms with van der Waals surface area (Å²) in [6.07, 6.45) is 4.50. The summed E-state index contributed by atoms with van der Waals surface area (Å²) in [5.74, 6) is 4.63. The van der Waals surface area contributed by atoms with Gasteiger partial charge in [0.05, 0.1) is 7.05 Å². The van der Waals surface area contributed by atoms with Crippen molar-refractivity contribution in [3.8, 4) is 23.0 Å². The van der Waals surface area contributed by atoms with Gasteiger partial charge in [0.1, 0.15) is 11.5 Å². The van der Waals surface area contributed by atoms with Gasteiger partial charge in [-0.1, -0.05) is 79.9 Å². The number of ether oxygens (including phenoxy) is 2. The van der Waals surface area contributed by atoms with Crippen molar-refractivity contribution in [3.05, 3.63) is 133 Å². The van der Waals surface area contributed by atoms with E-state index in [4.69, 9.17) is 14.6 Å². The number of pyridine rings is 2. The van der Waals surface area contributed by atoms with Crippen LogP contribution in [0.3, 0.4) is 0 Å². The van der Waals surface area contributed by atoms with Crippen LogP contribution < -0.4 is 28.4 Å². The second kappa shape index (κ2) is 15.0. The van der Waals surface area contributed by atoms with Gasteiger partial charge in [-0.15, -0.1) is 0 Å². The number of aromatic nitrogens is 2. The minimum absolute atomic E-state index is 0.277. The Balaban J connectivity index is 0.000000139. The number of aliphatic hydroxyl groups excluding tert-OH is 1. The zero-order valence-electron chi connectivity index (χ0n) is 31.2. The maximum absolute atomic E-state index is 10.1. The first-order valence-electron chi connectivity index (χ1n) is 18.5. The van der Waals surface area contributed by atoms with Crippen molar-refractivity contribution >= 4 is 66.4 Å². The van der Waals surface area contributed by atoms with Crippen molar-refractivity contribution in [2.24, 2.45) is 0 Å². The normalized spacial score (nSPS) is 12.8. The maximum atomic E-state index is 10.1. The van der Waals surface area contributed by atoms with Gasteiger partial charge in [-0.3, -0.25) is 0 Å². The third-order valence-electron chi connectivity index (χ3n) is 10.2. The monoisotopic (exact) mass is 732 g/mol. The number of rotatable bonds is 4. The molecular weight excluding hydrogens is 689 g/mol. The van der Waals surface area contributed by atoms with Gasteiger partial charge in [0.2, 0.25) is 13.5 Å². The zero-order chi connectivity index (χ0) is 38.1. The van der Waals surface area contributed by atoms with Crippen molar-refractivity contribution in [1.29, 1.82) is 0 Å². The van der Waals surface area contributed by atoms with Crippen LogP contribution in [0, 0.1) is 0 Å². The summed E-state index contributed by atoms with van der Waals surface area (Å²) < 4.78 is 16.2. The molecule has 1 fully saturated rings. The number of benzene rings is 6. The lowest BCUT2D eigenvalue weighted by atomic mass is 10.1. The van der Waals surface area contributed by atoms with Crippen molar-refractivity contribution < 1.29 is 33.9 Å². The van der Waals surface area contributed by atoms with Crippen LogP contribution in [0.15, 0.2) is 133 Å². The Hall–Kier alpha value is -6.58. The van der Waals surface area contributed by atoms with E-state index in [2.05, 4.69) is 57.5 Å². The highest BCUT2D eigenvalue weighted by Gasteiger charge is 2.32. The van der Waals surface area contributed by atoms with Crippen LogP contribution in [-0.2, 0) is 13.5 Å². The van der Waals surface area contributed by atoms with E-state index >= 15 is 0 Å². The molecule has 9 nitrogen and oxygen atoms in total. The summed E-state index contributed by atoms with van der Waals surface area (Å²) in [4.78, 5) is 4.24. The van der Waals surface area contributed by atoms with Gasteiger partial charge in [0, 0.05) is 59.2 Å². The number of aliphatic hydroxyl groups is 1. The van der Waals surface area contributed by atoms with Gasteiger partial charge in [-0.2, -0.15) is 14.0 Å². The quantitative estimate of drug-likeness (QED) is 0.156. The first kappa shape index (κ1) is 35.4. The lowest BCUT2D eigenvalue weighted by molar-refractivity contribution is -0.685. The highest BCUT2D eigenvalue weighted by Crippen LogP contribution is 2.35. The molecule has 0 saturated heterocycles. The van der Waals surface area contributed by atoms with Crippen LogP contribution in [0.2, 0.25) is 0 Å². The highest BCUT2D eigenvalue weighted by atomic mass is 16.5. The average molecular weight is 733 g/mol. The number of nitrogens with zero attached hydrogens (tertiary/aromatic N) is 4. The number of phenolic OH excluding ortho intramolecular Hbond substituents is 2. The smallest absolute Gasteiger partial charge is 0.287 e. The predicted octanol–water partition coefficient (Wildman–Crippen LogP) is 8.99. The number of aromatic hydroxyl groups is 2. The van der Waals surface area contributed by atoms with Crippen LogP contribution >= 0.6 is 0 Å². The standard InChI is InChI=1S/C21H17N3O2.C21H17NO2.C3H6.CH4O/c1-22(18-10-8-14-4-2-6-16-20(14)23(18)12-25-16)19-11-9-15-5-3-7-17-21(15)24(19)13-26-17;1-22(16-10-8-14-4-2-6-20(23)18(14)12-16)17-11-9-15-5-3-7-21(24)19(15)13-17;1-2-3-1;1-2/h2-11H,12-13H2,1H3;2-13,23-24H,1H3;1-3H2;2H,1H3/q+2;;;. The van der Waals surface area contributed by atoms with Crippen molar-refractivity contribution in [2.75, 3.05) is 31.0 Å². The molecule has 4 heterocycles. The summed E-state index contributed by atoms with van der Waals surface area (Å²) >= 11 is 0. The molecule has 0 amide bonds. The predicted molar refractivity (Wildman–Crippen MR) is 219 cm³/mol. The van der Waals surface area contributed by atoms with E-state index in [1.807, 2.05) is 96.9 Å². The van der Waals surface area contributed by atoms with Crippen LogP contribution in [0.1, 0.15) is 19.3 Å². The van der Waals surface area contributed by atoms with Gasteiger partial charge in [0.25, 0.3) is 11.6 Å². The van der Waals surface area contributed by atoms with Crippen LogP contribution in [0.5, 0.6) is 23.0 Å². The second-order valence-corrected chi connectivity index (χ2v) is 13.7. The molecule has 6 aromatic carbocycles. The van der Waals surface area contributed by atoms with E-state index in [-0.39, 0.29) is 11.5 Å². The van der Waals surface area contributed by atoms with Gasteiger partial charge in [0.15, 0.2) is 22.5 Å². The van der Waals surface area contributed by atoms with Crippen molar-refractivity contribution in [3.63, 3.8) is 0 Å². The second-order valence-electron chi connectivity index (χ2n) is 13.7. The highest BCUT2D eigenvalue weighted by molar-refractivity contribution is 5.94. The summed E-state index contributed by atoms with van der Waals surface area (Å²) in [6, 6.07) is 44.0. The molecule has 1 aliphatic carbocycles. The van der Waals surface area contributed by atoms with E-state index in [0.717, 1.165) is 74.2 Å². The van der Waals surface area contributed by atoms with Crippen molar-refractivity contribution in [1.82, 2.24) is 0 Å². The molecule has 276 valence electrons. The third kappa shape index (κ3) is 6.75. The number of hydrogen-bond donors (Lipinski definition) is 3. The molecule has 3 N–H and O–H groups in total. The minimum atomic E-state index is 0.277. The van der Waals surface area contributed by atoms with E-state index in [0.29, 0.717) is 13.5 Å². The van der Waals surface area contributed by atoms with Gasteiger partial charge >= 0.3 is 0 Å². The Morgan fingerprint density at radius 2 is 0.873 bits per heavy atom. The molecule has 11 rings (SSSR count). The Labute approximate surface area is 319 Å². The molecule has 3 aliphatic rings. The van der Waals surface area contributed by atoms with Gasteiger partial charge in [-0.05, 0) is 71.4 Å². The third-order valence-corrected chi connectivity index (χ3v) is 10.2. The molecule has 2 aromatic heterocycles. The molecule has 0 atom stereocenters. The fourth-order valence-electron chi connectivity index (χ4n) is 7.18. The Kier molecular flexibility index (Phi) is 9.70. The van der Waals surface area contributed by atoms with Gasteiger partial charge < -0.3 is 29.7 Å². The van der Waals surface area contributed by atoms with E-state index in [1.54, 1.807) is 12.1 Å². The summed E-state index contributed by atoms with van der Waals surface area (Å²) in [6.45, 7) is 1.07. The molecule has 8 aromatic rings. The fraction of sp³-hybridized carbons (Fsp3) is 0.174. The summed E-state index contributed by atoms with van der Waals surface area (Å²) in [5.41, 5.74) is 4.24. The maximum Gasteiger partial charge on any atom is 0.287 e. The number of hydrogen-bond acceptors (Lipinski definition) is 7. The zero-order valence-corrected chi connectivity index (χ0v) is 31.2. The number of phenols is 2. The Morgan fingerprint density at radius 3 is 1.31 bits per heavy atom. The molecule has 9 heteroatoms.